The Hall–Kier alpha value is -1.85. The highest BCUT2D eigenvalue weighted by atomic mass is 32.1. The van der Waals surface area contributed by atoms with Crippen molar-refractivity contribution in [3.05, 3.63) is 53.3 Å². The van der Waals surface area contributed by atoms with Crippen LogP contribution in [0.25, 0.3) is 4.96 Å². The summed E-state index contributed by atoms with van der Waals surface area (Å²) in [5, 5.41) is 2.01. The van der Waals surface area contributed by atoms with Crippen molar-refractivity contribution in [1.82, 2.24) is 9.38 Å². The molecule has 92 valence electrons. The molecule has 2 heterocycles. The van der Waals surface area contributed by atoms with E-state index in [2.05, 4.69) is 4.98 Å². The maximum absolute atomic E-state index is 5.68. The van der Waals surface area contributed by atoms with Gasteiger partial charge in [-0.15, -0.1) is 11.3 Å². The summed E-state index contributed by atoms with van der Waals surface area (Å²) in [5.41, 5.74) is 7.58. The summed E-state index contributed by atoms with van der Waals surface area (Å²) < 4.78 is 7.68. The van der Waals surface area contributed by atoms with Crippen molar-refractivity contribution >= 4 is 16.3 Å². The number of aromatic nitrogens is 2. The largest absolute Gasteiger partial charge is 0.487 e. The molecule has 2 N–H and O–H groups in total. The zero-order chi connectivity index (χ0) is 12.4. The fraction of sp³-hybridized carbons (Fsp3) is 0.154. The minimum atomic E-state index is 0.483. The number of hydrogen-bond donors (Lipinski definition) is 1. The van der Waals surface area contributed by atoms with E-state index in [1.807, 2.05) is 46.4 Å². The smallest absolute Gasteiger partial charge is 0.193 e. The standard InChI is InChI=1S/C13H13N3OS/c14-7-10-1-3-12(4-2-10)17-9-11-8-16-5-6-18-13(16)15-11/h1-6,8H,7,9,14H2. The highest BCUT2D eigenvalue weighted by molar-refractivity contribution is 7.15. The number of nitrogens with two attached hydrogens (primary N) is 1. The van der Waals surface area contributed by atoms with Gasteiger partial charge in [-0.1, -0.05) is 12.1 Å². The van der Waals surface area contributed by atoms with Crippen LogP contribution in [0.2, 0.25) is 0 Å². The molecule has 0 bridgehead atoms. The number of benzene rings is 1. The zero-order valence-corrected chi connectivity index (χ0v) is 10.6. The van der Waals surface area contributed by atoms with E-state index in [9.17, 15) is 0 Å². The molecule has 5 heteroatoms. The monoisotopic (exact) mass is 259 g/mol. The van der Waals surface area contributed by atoms with E-state index in [4.69, 9.17) is 10.5 Å². The quantitative estimate of drug-likeness (QED) is 0.783. The Morgan fingerprint density at radius 3 is 2.83 bits per heavy atom. The summed E-state index contributed by atoms with van der Waals surface area (Å²) >= 11 is 1.62. The third kappa shape index (κ3) is 2.23. The summed E-state index contributed by atoms with van der Waals surface area (Å²) in [6.45, 7) is 1.04. The lowest BCUT2D eigenvalue weighted by atomic mass is 10.2. The number of fused-ring (bicyclic) bond motifs is 1. The van der Waals surface area contributed by atoms with Crippen molar-refractivity contribution in [2.24, 2.45) is 5.73 Å². The minimum Gasteiger partial charge on any atom is -0.487 e. The van der Waals surface area contributed by atoms with Crippen molar-refractivity contribution in [3.8, 4) is 5.75 Å². The van der Waals surface area contributed by atoms with Crippen molar-refractivity contribution in [3.63, 3.8) is 0 Å². The van der Waals surface area contributed by atoms with Crippen LogP contribution in [0.3, 0.4) is 0 Å². The van der Waals surface area contributed by atoms with Gasteiger partial charge < -0.3 is 10.5 Å². The van der Waals surface area contributed by atoms with E-state index >= 15 is 0 Å². The highest BCUT2D eigenvalue weighted by Crippen LogP contribution is 2.15. The molecule has 1 aromatic carbocycles. The Balaban J connectivity index is 1.68. The Bertz CT molecular complexity index is 613. The predicted octanol–water partition coefficient (Wildman–Crippen LogP) is 2.43. The van der Waals surface area contributed by atoms with E-state index in [1.165, 1.54) is 0 Å². The molecule has 0 aliphatic heterocycles. The van der Waals surface area contributed by atoms with Gasteiger partial charge >= 0.3 is 0 Å². The number of hydrogen-bond acceptors (Lipinski definition) is 4. The average Bonchev–Trinajstić information content (AvgIpc) is 2.97. The maximum Gasteiger partial charge on any atom is 0.193 e. The SMILES string of the molecule is NCc1ccc(OCc2cn3ccsc3n2)cc1. The first-order valence-electron chi connectivity index (χ1n) is 5.68. The van der Waals surface area contributed by atoms with Crippen LogP contribution < -0.4 is 10.5 Å². The summed E-state index contributed by atoms with van der Waals surface area (Å²) in [5.74, 6) is 0.837. The van der Waals surface area contributed by atoms with Gasteiger partial charge in [-0.2, -0.15) is 0 Å². The molecule has 0 saturated carbocycles. The van der Waals surface area contributed by atoms with Gasteiger partial charge in [0.1, 0.15) is 12.4 Å². The molecule has 0 aliphatic rings. The molecule has 3 rings (SSSR count). The lowest BCUT2D eigenvalue weighted by Crippen LogP contribution is -1.98. The molecule has 0 aliphatic carbocycles. The maximum atomic E-state index is 5.68. The first kappa shape index (κ1) is 11.3. The number of thiazole rings is 1. The third-order valence-corrected chi connectivity index (χ3v) is 3.46. The predicted molar refractivity (Wildman–Crippen MR) is 71.7 cm³/mol. The van der Waals surface area contributed by atoms with Gasteiger partial charge in [0.15, 0.2) is 4.96 Å². The fourth-order valence-corrected chi connectivity index (χ4v) is 2.44. The normalized spacial score (nSPS) is 10.9. The van der Waals surface area contributed by atoms with Gasteiger partial charge in [0.2, 0.25) is 0 Å². The molecular formula is C13H13N3OS. The molecule has 0 radical (unpaired) electrons. The van der Waals surface area contributed by atoms with Crippen molar-refractivity contribution < 1.29 is 4.74 Å². The molecule has 0 amide bonds. The van der Waals surface area contributed by atoms with E-state index in [0.29, 0.717) is 13.2 Å². The van der Waals surface area contributed by atoms with Gasteiger partial charge in [0.05, 0.1) is 5.69 Å². The lowest BCUT2D eigenvalue weighted by Gasteiger charge is -2.04. The summed E-state index contributed by atoms with van der Waals surface area (Å²) in [6.07, 6.45) is 3.98. The van der Waals surface area contributed by atoms with Crippen LogP contribution in [0, 0.1) is 0 Å². The molecule has 2 aromatic heterocycles. The van der Waals surface area contributed by atoms with E-state index in [-0.39, 0.29) is 0 Å². The van der Waals surface area contributed by atoms with Crippen molar-refractivity contribution in [2.75, 3.05) is 0 Å². The van der Waals surface area contributed by atoms with Crippen LogP contribution in [0.1, 0.15) is 11.3 Å². The lowest BCUT2D eigenvalue weighted by molar-refractivity contribution is 0.302. The molecule has 0 atom stereocenters. The van der Waals surface area contributed by atoms with Gasteiger partial charge in [0, 0.05) is 24.3 Å². The van der Waals surface area contributed by atoms with Crippen molar-refractivity contribution in [1.29, 1.82) is 0 Å². The summed E-state index contributed by atoms with van der Waals surface area (Å²) in [4.78, 5) is 5.45. The van der Waals surface area contributed by atoms with Gasteiger partial charge in [-0.05, 0) is 17.7 Å². The van der Waals surface area contributed by atoms with Gasteiger partial charge in [-0.25, -0.2) is 4.98 Å². The summed E-state index contributed by atoms with van der Waals surface area (Å²) in [7, 11) is 0. The van der Waals surface area contributed by atoms with Crippen LogP contribution >= 0.6 is 11.3 Å². The second-order valence-corrected chi connectivity index (χ2v) is 4.83. The molecule has 4 nitrogen and oxygen atoms in total. The topological polar surface area (TPSA) is 52.5 Å². The highest BCUT2D eigenvalue weighted by Gasteiger charge is 2.03. The van der Waals surface area contributed by atoms with Crippen LogP contribution in [-0.4, -0.2) is 9.38 Å². The van der Waals surface area contributed by atoms with E-state index in [1.54, 1.807) is 11.3 Å². The van der Waals surface area contributed by atoms with Crippen molar-refractivity contribution in [2.45, 2.75) is 13.2 Å². The Morgan fingerprint density at radius 1 is 1.28 bits per heavy atom. The molecule has 0 spiro atoms. The van der Waals surface area contributed by atoms with E-state index in [0.717, 1.165) is 22.0 Å². The Morgan fingerprint density at radius 2 is 2.11 bits per heavy atom. The second kappa shape index (κ2) is 4.80. The average molecular weight is 259 g/mol. The van der Waals surface area contributed by atoms with Crippen LogP contribution in [0.4, 0.5) is 0 Å². The fourth-order valence-electron chi connectivity index (χ4n) is 1.72. The molecule has 0 unspecified atom stereocenters. The molecule has 3 aromatic rings. The number of rotatable bonds is 4. The minimum absolute atomic E-state index is 0.483. The first-order chi connectivity index (χ1) is 8.85. The van der Waals surface area contributed by atoms with Crippen LogP contribution in [-0.2, 0) is 13.2 Å². The molecule has 18 heavy (non-hydrogen) atoms. The number of nitrogens with zero attached hydrogens (tertiary/aromatic N) is 2. The third-order valence-electron chi connectivity index (χ3n) is 2.69. The number of ether oxygens (including phenoxy) is 1. The Labute approximate surface area is 109 Å². The summed E-state index contributed by atoms with van der Waals surface area (Å²) in [6, 6.07) is 7.81. The molecular weight excluding hydrogens is 246 g/mol. The second-order valence-electron chi connectivity index (χ2n) is 3.96. The Kier molecular flexibility index (Phi) is 3.00. The molecule has 0 fully saturated rings. The van der Waals surface area contributed by atoms with Gasteiger partial charge in [0.25, 0.3) is 0 Å². The van der Waals surface area contributed by atoms with E-state index < -0.39 is 0 Å². The number of imidazole rings is 1. The first-order valence-corrected chi connectivity index (χ1v) is 6.56. The van der Waals surface area contributed by atoms with Gasteiger partial charge in [-0.3, -0.25) is 4.40 Å². The zero-order valence-electron chi connectivity index (χ0n) is 9.74. The molecule has 0 saturated heterocycles. The van der Waals surface area contributed by atoms with Crippen LogP contribution in [0.15, 0.2) is 42.0 Å². The van der Waals surface area contributed by atoms with Crippen LogP contribution in [0.5, 0.6) is 5.75 Å².